The standard InChI is InChI=1S/C16H20N4O2S/c1-3-20-13-8-9-19(14(11-22-2)16(13)17-18-20)15(21)7-6-12-5-4-10-23-12/h4-7,10,14H,3,8-9,11H2,1-2H3/b7-6+. The first-order chi connectivity index (χ1) is 11.2. The quantitative estimate of drug-likeness (QED) is 0.787. The molecule has 1 aliphatic heterocycles. The number of nitrogens with zero attached hydrogens (tertiary/aromatic N) is 4. The highest BCUT2D eigenvalue weighted by atomic mass is 32.1. The van der Waals surface area contributed by atoms with Crippen LogP contribution in [0.15, 0.2) is 23.6 Å². The second kappa shape index (κ2) is 7.06. The average Bonchev–Trinajstić information content (AvgIpc) is 3.22. The van der Waals surface area contributed by atoms with Crippen LogP contribution in [-0.4, -0.2) is 46.1 Å². The van der Waals surface area contributed by atoms with Gasteiger partial charge in [0, 0.05) is 37.6 Å². The Hall–Kier alpha value is -1.99. The van der Waals surface area contributed by atoms with E-state index in [9.17, 15) is 4.79 Å². The summed E-state index contributed by atoms with van der Waals surface area (Å²) in [7, 11) is 1.64. The summed E-state index contributed by atoms with van der Waals surface area (Å²) in [6, 6.07) is 3.78. The second-order valence-electron chi connectivity index (χ2n) is 5.34. The Labute approximate surface area is 139 Å². The molecule has 2 aromatic heterocycles. The molecule has 0 radical (unpaired) electrons. The van der Waals surface area contributed by atoms with Crippen LogP contribution in [0.3, 0.4) is 0 Å². The van der Waals surface area contributed by atoms with E-state index >= 15 is 0 Å². The molecule has 122 valence electrons. The van der Waals surface area contributed by atoms with Crippen molar-refractivity contribution in [2.45, 2.75) is 25.9 Å². The molecule has 0 saturated heterocycles. The smallest absolute Gasteiger partial charge is 0.247 e. The first-order valence-corrected chi connectivity index (χ1v) is 8.56. The van der Waals surface area contributed by atoms with Gasteiger partial charge in [0.15, 0.2) is 0 Å². The number of aryl methyl sites for hydroxylation is 1. The molecule has 3 heterocycles. The topological polar surface area (TPSA) is 60.2 Å². The highest BCUT2D eigenvalue weighted by Crippen LogP contribution is 2.28. The summed E-state index contributed by atoms with van der Waals surface area (Å²) in [4.78, 5) is 15.5. The van der Waals surface area contributed by atoms with Crippen molar-refractivity contribution in [2.75, 3.05) is 20.3 Å². The summed E-state index contributed by atoms with van der Waals surface area (Å²) in [5, 5.41) is 10.5. The van der Waals surface area contributed by atoms with E-state index in [0.29, 0.717) is 13.2 Å². The van der Waals surface area contributed by atoms with Gasteiger partial charge in [-0.25, -0.2) is 4.68 Å². The van der Waals surface area contributed by atoms with Gasteiger partial charge in [0.25, 0.3) is 0 Å². The zero-order valence-corrected chi connectivity index (χ0v) is 14.1. The summed E-state index contributed by atoms with van der Waals surface area (Å²) in [6.07, 6.45) is 4.26. The Bertz CT molecular complexity index is 693. The zero-order valence-electron chi connectivity index (χ0n) is 13.3. The molecule has 0 fully saturated rings. The van der Waals surface area contributed by atoms with Gasteiger partial charge in [-0.3, -0.25) is 4.79 Å². The number of thiophene rings is 1. The molecule has 0 N–H and O–H groups in total. The first kappa shape index (κ1) is 15.9. The van der Waals surface area contributed by atoms with Crippen molar-refractivity contribution >= 4 is 23.3 Å². The zero-order chi connectivity index (χ0) is 16.2. The lowest BCUT2D eigenvalue weighted by Gasteiger charge is -2.33. The van der Waals surface area contributed by atoms with Crippen LogP contribution in [0.5, 0.6) is 0 Å². The van der Waals surface area contributed by atoms with Crippen molar-refractivity contribution in [1.29, 1.82) is 0 Å². The molecule has 3 rings (SSSR count). The number of hydrogen-bond donors (Lipinski definition) is 0. The van der Waals surface area contributed by atoms with Crippen molar-refractivity contribution in [3.05, 3.63) is 39.9 Å². The van der Waals surface area contributed by atoms with Gasteiger partial charge in [0.2, 0.25) is 5.91 Å². The van der Waals surface area contributed by atoms with Crippen LogP contribution >= 0.6 is 11.3 Å². The SMILES string of the molecule is CCn1nnc2c1CCN(C(=O)/C=C/c1cccs1)C2COC. The molecule has 0 spiro atoms. The van der Waals surface area contributed by atoms with E-state index in [1.807, 2.05) is 40.1 Å². The summed E-state index contributed by atoms with van der Waals surface area (Å²) in [6.45, 7) is 3.91. The fraction of sp³-hybridized carbons (Fsp3) is 0.438. The molecule has 0 bridgehead atoms. The lowest BCUT2D eigenvalue weighted by Crippen LogP contribution is -2.41. The van der Waals surface area contributed by atoms with E-state index in [-0.39, 0.29) is 11.9 Å². The predicted molar refractivity (Wildman–Crippen MR) is 89.1 cm³/mol. The molecule has 2 aromatic rings. The van der Waals surface area contributed by atoms with Crippen LogP contribution in [0.4, 0.5) is 0 Å². The highest BCUT2D eigenvalue weighted by Gasteiger charge is 2.33. The Balaban J connectivity index is 1.82. The molecule has 1 amide bonds. The number of carbonyl (C=O) groups is 1. The minimum Gasteiger partial charge on any atom is -0.382 e. The van der Waals surface area contributed by atoms with Crippen molar-refractivity contribution < 1.29 is 9.53 Å². The molecule has 23 heavy (non-hydrogen) atoms. The van der Waals surface area contributed by atoms with E-state index in [2.05, 4.69) is 10.3 Å². The van der Waals surface area contributed by atoms with E-state index in [1.165, 1.54) is 0 Å². The van der Waals surface area contributed by atoms with Gasteiger partial charge in [-0.2, -0.15) is 0 Å². The summed E-state index contributed by atoms with van der Waals surface area (Å²) in [5.41, 5.74) is 1.97. The molecule has 1 aliphatic rings. The predicted octanol–water partition coefficient (Wildman–Crippen LogP) is 2.15. The Morgan fingerprint density at radius 2 is 2.43 bits per heavy atom. The normalized spacial score (nSPS) is 17.7. The summed E-state index contributed by atoms with van der Waals surface area (Å²) in [5.74, 6) is -0.0165. The molecule has 0 aliphatic carbocycles. The summed E-state index contributed by atoms with van der Waals surface area (Å²) < 4.78 is 7.22. The molecule has 1 atom stereocenters. The first-order valence-electron chi connectivity index (χ1n) is 7.68. The van der Waals surface area contributed by atoms with Crippen molar-refractivity contribution in [2.24, 2.45) is 0 Å². The highest BCUT2D eigenvalue weighted by molar-refractivity contribution is 7.10. The molecular formula is C16H20N4O2S. The summed E-state index contributed by atoms with van der Waals surface area (Å²) >= 11 is 1.61. The maximum absolute atomic E-state index is 12.6. The van der Waals surface area contributed by atoms with Crippen LogP contribution < -0.4 is 0 Å². The van der Waals surface area contributed by atoms with E-state index < -0.39 is 0 Å². The number of hydrogen-bond acceptors (Lipinski definition) is 5. The third-order valence-corrected chi connectivity index (χ3v) is 4.83. The van der Waals surface area contributed by atoms with Crippen LogP contribution in [0.2, 0.25) is 0 Å². The molecule has 1 unspecified atom stereocenters. The third kappa shape index (κ3) is 3.20. The maximum atomic E-state index is 12.6. The van der Waals surface area contributed by atoms with Gasteiger partial charge in [0.05, 0.1) is 12.3 Å². The Morgan fingerprint density at radius 3 is 3.13 bits per heavy atom. The fourth-order valence-corrected chi connectivity index (χ4v) is 3.49. The number of amides is 1. The maximum Gasteiger partial charge on any atom is 0.247 e. The number of ether oxygens (including phenoxy) is 1. The number of fused-ring (bicyclic) bond motifs is 1. The van der Waals surface area contributed by atoms with E-state index in [1.54, 1.807) is 24.5 Å². The Morgan fingerprint density at radius 1 is 1.57 bits per heavy atom. The van der Waals surface area contributed by atoms with E-state index in [0.717, 1.165) is 29.2 Å². The van der Waals surface area contributed by atoms with Crippen LogP contribution in [0, 0.1) is 0 Å². The molecule has 0 saturated carbocycles. The minimum atomic E-state index is -0.176. The fourth-order valence-electron chi connectivity index (χ4n) is 2.87. The minimum absolute atomic E-state index is 0.0165. The third-order valence-electron chi connectivity index (χ3n) is 3.99. The van der Waals surface area contributed by atoms with Crippen molar-refractivity contribution in [3.63, 3.8) is 0 Å². The van der Waals surface area contributed by atoms with Gasteiger partial charge >= 0.3 is 0 Å². The molecule has 0 aromatic carbocycles. The van der Waals surface area contributed by atoms with Crippen LogP contribution in [0.25, 0.3) is 6.08 Å². The monoisotopic (exact) mass is 332 g/mol. The average molecular weight is 332 g/mol. The van der Waals surface area contributed by atoms with E-state index in [4.69, 9.17) is 4.74 Å². The largest absolute Gasteiger partial charge is 0.382 e. The molecule has 7 heteroatoms. The van der Waals surface area contributed by atoms with Crippen LogP contribution in [0.1, 0.15) is 29.2 Å². The number of aromatic nitrogens is 3. The van der Waals surface area contributed by atoms with Gasteiger partial charge < -0.3 is 9.64 Å². The number of rotatable bonds is 5. The Kier molecular flexibility index (Phi) is 4.88. The van der Waals surface area contributed by atoms with Crippen LogP contribution in [-0.2, 0) is 22.5 Å². The van der Waals surface area contributed by atoms with Gasteiger partial charge in [-0.05, 0) is 24.4 Å². The van der Waals surface area contributed by atoms with Crippen molar-refractivity contribution in [1.82, 2.24) is 19.9 Å². The van der Waals surface area contributed by atoms with Crippen molar-refractivity contribution in [3.8, 4) is 0 Å². The molecule has 6 nitrogen and oxygen atoms in total. The lowest BCUT2D eigenvalue weighted by atomic mass is 10.0. The second-order valence-corrected chi connectivity index (χ2v) is 6.32. The lowest BCUT2D eigenvalue weighted by molar-refractivity contribution is -0.130. The number of methoxy groups -OCH3 is 1. The van der Waals surface area contributed by atoms with Gasteiger partial charge in [-0.15, -0.1) is 16.4 Å². The van der Waals surface area contributed by atoms with Gasteiger partial charge in [-0.1, -0.05) is 11.3 Å². The van der Waals surface area contributed by atoms with Gasteiger partial charge in [0.1, 0.15) is 11.7 Å². The molecular weight excluding hydrogens is 312 g/mol. The number of carbonyl (C=O) groups excluding carboxylic acids is 1.